The second-order valence-corrected chi connectivity index (χ2v) is 11.0. The van der Waals surface area contributed by atoms with E-state index in [1.807, 2.05) is 13.8 Å². The summed E-state index contributed by atoms with van der Waals surface area (Å²) in [5.74, 6) is 0.659. The Morgan fingerprint density at radius 3 is 2.56 bits per heavy atom. The molecule has 27 heavy (non-hydrogen) atoms. The highest BCUT2D eigenvalue weighted by Gasteiger charge is 2.53. The number of likely N-dealkylation sites (tertiary alicyclic amines) is 1. The van der Waals surface area contributed by atoms with E-state index in [9.17, 15) is 21.6 Å². The van der Waals surface area contributed by atoms with Gasteiger partial charge in [0.25, 0.3) is 0 Å². The third-order valence-corrected chi connectivity index (χ3v) is 8.51. The van der Waals surface area contributed by atoms with Crippen molar-refractivity contribution in [3.05, 3.63) is 17.5 Å². The summed E-state index contributed by atoms with van der Waals surface area (Å²) in [6, 6.07) is 1.42. The van der Waals surface area contributed by atoms with E-state index in [4.69, 9.17) is 0 Å². The van der Waals surface area contributed by atoms with Crippen molar-refractivity contribution in [3.8, 4) is 0 Å². The highest BCUT2D eigenvalue weighted by atomic mass is 32.2. The standard InChI is InChI=1S/C18H26F3N3O2S/c1-12(2)24-15(8-16(22-24)18(19,20)21)13-3-4-14(7-13)23-6-5-17(9-23)10-27(25,26)11-17/h8,12-14H,3-7,9-11H2,1-2H3/t13-,14+/m0/s1. The molecular formula is C18H26F3N3O2S. The molecule has 152 valence electrons. The molecule has 1 aliphatic carbocycles. The number of halogens is 3. The Balaban J connectivity index is 1.47. The van der Waals surface area contributed by atoms with Crippen LogP contribution in [0.2, 0.25) is 0 Å². The summed E-state index contributed by atoms with van der Waals surface area (Å²) in [6.07, 6.45) is -0.904. The van der Waals surface area contributed by atoms with Gasteiger partial charge in [0.05, 0.1) is 11.5 Å². The molecule has 1 aromatic rings. The summed E-state index contributed by atoms with van der Waals surface area (Å²) in [5, 5.41) is 3.82. The summed E-state index contributed by atoms with van der Waals surface area (Å²) in [5.41, 5.74) is -0.200. The molecule has 2 saturated heterocycles. The molecule has 0 bridgehead atoms. The number of sulfone groups is 1. The van der Waals surface area contributed by atoms with E-state index in [1.54, 1.807) is 0 Å². The van der Waals surface area contributed by atoms with Crippen molar-refractivity contribution in [2.45, 2.75) is 63.7 Å². The third kappa shape index (κ3) is 3.52. The molecule has 3 aliphatic rings. The maximum absolute atomic E-state index is 13.1. The maximum Gasteiger partial charge on any atom is 0.435 e. The summed E-state index contributed by atoms with van der Waals surface area (Å²) in [7, 11) is -2.85. The first kappa shape index (κ1) is 19.2. The number of alkyl halides is 3. The number of hydrogen-bond donors (Lipinski definition) is 0. The molecular weight excluding hydrogens is 379 g/mol. The first-order valence-electron chi connectivity index (χ1n) is 9.59. The van der Waals surface area contributed by atoms with Crippen LogP contribution in [0, 0.1) is 5.41 Å². The lowest BCUT2D eigenvalue weighted by Crippen LogP contribution is -2.50. The Morgan fingerprint density at radius 1 is 1.26 bits per heavy atom. The van der Waals surface area contributed by atoms with E-state index < -0.39 is 21.7 Å². The molecule has 0 aromatic carbocycles. The van der Waals surface area contributed by atoms with E-state index >= 15 is 0 Å². The average molecular weight is 405 g/mol. The molecule has 0 N–H and O–H groups in total. The molecule has 5 nitrogen and oxygen atoms in total. The largest absolute Gasteiger partial charge is 0.435 e. The van der Waals surface area contributed by atoms with Gasteiger partial charge in [-0.2, -0.15) is 18.3 Å². The zero-order chi connectivity index (χ0) is 19.6. The third-order valence-electron chi connectivity index (χ3n) is 6.40. The summed E-state index contributed by atoms with van der Waals surface area (Å²) in [6.45, 7) is 5.40. The molecule has 1 aromatic heterocycles. The number of rotatable bonds is 3. The number of aromatic nitrogens is 2. The molecule has 0 amide bonds. The zero-order valence-electron chi connectivity index (χ0n) is 15.7. The lowest BCUT2D eigenvalue weighted by molar-refractivity contribution is -0.141. The molecule has 2 aliphatic heterocycles. The van der Waals surface area contributed by atoms with Gasteiger partial charge in [0.1, 0.15) is 0 Å². The lowest BCUT2D eigenvalue weighted by Gasteiger charge is -2.38. The Hall–Kier alpha value is -1.09. The molecule has 9 heteroatoms. The Labute approximate surface area is 157 Å². The molecule has 0 radical (unpaired) electrons. The molecule has 3 fully saturated rings. The molecule has 2 atom stereocenters. The van der Waals surface area contributed by atoms with Crippen LogP contribution in [0.25, 0.3) is 0 Å². The lowest BCUT2D eigenvalue weighted by atomic mass is 9.91. The van der Waals surface area contributed by atoms with Crippen LogP contribution in [0.5, 0.6) is 0 Å². The minimum absolute atomic E-state index is 0.0694. The summed E-state index contributed by atoms with van der Waals surface area (Å²) in [4.78, 5) is 2.37. The fourth-order valence-corrected chi connectivity index (χ4v) is 7.48. The SMILES string of the molecule is CC(C)n1nc(C(F)(F)F)cc1[C@H]1CC[C@@H](N2CCC3(C2)CS(=O)(=O)C3)C1. The van der Waals surface area contributed by atoms with Gasteiger partial charge in [-0.25, -0.2) is 8.42 Å². The monoisotopic (exact) mass is 405 g/mol. The second-order valence-electron chi connectivity index (χ2n) is 8.91. The van der Waals surface area contributed by atoms with E-state index in [2.05, 4.69) is 10.00 Å². The highest BCUT2D eigenvalue weighted by Crippen LogP contribution is 2.46. The Kier molecular flexibility index (Phi) is 4.42. The van der Waals surface area contributed by atoms with Crippen molar-refractivity contribution < 1.29 is 21.6 Å². The van der Waals surface area contributed by atoms with Crippen LogP contribution in [0.3, 0.4) is 0 Å². The van der Waals surface area contributed by atoms with Crippen LogP contribution < -0.4 is 0 Å². The maximum atomic E-state index is 13.1. The van der Waals surface area contributed by atoms with E-state index in [0.29, 0.717) is 23.2 Å². The molecule has 1 spiro atoms. The fraction of sp³-hybridized carbons (Fsp3) is 0.833. The van der Waals surface area contributed by atoms with Crippen molar-refractivity contribution in [2.24, 2.45) is 5.41 Å². The van der Waals surface area contributed by atoms with E-state index in [0.717, 1.165) is 38.8 Å². The van der Waals surface area contributed by atoms with Gasteiger partial charge in [0, 0.05) is 35.7 Å². The van der Waals surface area contributed by atoms with Crippen LogP contribution in [-0.2, 0) is 16.0 Å². The van der Waals surface area contributed by atoms with Crippen molar-refractivity contribution in [2.75, 3.05) is 24.6 Å². The number of hydrogen-bond acceptors (Lipinski definition) is 4. The second kappa shape index (κ2) is 6.20. The van der Waals surface area contributed by atoms with Crippen LogP contribution in [0.1, 0.15) is 62.9 Å². The van der Waals surface area contributed by atoms with Gasteiger partial charge >= 0.3 is 6.18 Å². The van der Waals surface area contributed by atoms with Gasteiger partial charge < -0.3 is 0 Å². The molecule has 0 unspecified atom stereocenters. The van der Waals surface area contributed by atoms with Crippen molar-refractivity contribution in [1.82, 2.24) is 14.7 Å². The van der Waals surface area contributed by atoms with Gasteiger partial charge in [0.15, 0.2) is 15.5 Å². The fourth-order valence-electron chi connectivity index (χ4n) is 5.23. The Bertz CT molecular complexity index is 819. The molecule has 4 rings (SSSR count). The quantitative estimate of drug-likeness (QED) is 0.775. The van der Waals surface area contributed by atoms with Gasteiger partial charge in [-0.05, 0) is 52.1 Å². The van der Waals surface area contributed by atoms with Gasteiger partial charge in [0.2, 0.25) is 0 Å². The first-order chi connectivity index (χ1) is 12.5. The van der Waals surface area contributed by atoms with Crippen LogP contribution >= 0.6 is 0 Å². The predicted molar refractivity (Wildman–Crippen MR) is 95.3 cm³/mol. The van der Waals surface area contributed by atoms with Crippen molar-refractivity contribution >= 4 is 9.84 Å². The zero-order valence-corrected chi connectivity index (χ0v) is 16.5. The highest BCUT2D eigenvalue weighted by molar-refractivity contribution is 7.92. The minimum Gasteiger partial charge on any atom is -0.300 e. The van der Waals surface area contributed by atoms with Crippen LogP contribution in [0.4, 0.5) is 13.2 Å². The first-order valence-corrected chi connectivity index (χ1v) is 11.4. The van der Waals surface area contributed by atoms with E-state index in [1.165, 1.54) is 10.7 Å². The minimum atomic E-state index is -4.43. The van der Waals surface area contributed by atoms with Gasteiger partial charge in [-0.15, -0.1) is 0 Å². The van der Waals surface area contributed by atoms with Crippen LogP contribution in [0.15, 0.2) is 6.07 Å². The average Bonchev–Trinajstić information content (AvgIpc) is 3.21. The summed E-state index contributed by atoms with van der Waals surface area (Å²) < 4.78 is 64.0. The number of nitrogens with zero attached hydrogens (tertiary/aromatic N) is 3. The smallest absolute Gasteiger partial charge is 0.300 e. The van der Waals surface area contributed by atoms with Crippen molar-refractivity contribution in [1.29, 1.82) is 0 Å². The summed E-state index contributed by atoms with van der Waals surface area (Å²) >= 11 is 0. The molecule has 3 heterocycles. The Morgan fingerprint density at radius 2 is 1.96 bits per heavy atom. The van der Waals surface area contributed by atoms with Gasteiger partial charge in [-0.1, -0.05) is 0 Å². The predicted octanol–water partition coefficient (Wildman–Crippen LogP) is 3.24. The normalized spacial score (nSPS) is 30.3. The topological polar surface area (TPSA) is 55.2 Å². The molecule has 1 saturated carbocycles. The van der Waals surface area contributed by atoms with Crippen LogP contribution in [-0.4, -0.2) is 53.7 Å². The van der Waals surface area contributed by atoms with E-state index in [-0.39, 0.29) is 17.4 Å². The van der Waals surface area contributed by atoms with Gasteiger partial charge in [-0.3, -0.25) is 9.58 Å². The van der Waals surface area contributed by atoms with Crippen molar-refractivity contribution in [3.63, 3.8) is 0 Å².